The van der Waals surface area contributed by atoms with Gasteiger partial charge in [0.05, 0.1) is 44.8 Å². The average molecular weight is 412 g/mol. The van der Waals surface area contributed by atoms with Gasteiger partial charge in [-0.25, -0.2) is 13.4 Å². The zero-order chi connectivity index (χ0) is 20.8. The Labute approximate surface area is 167 Å². The van der Waals surface area contributed by atoms with Crippen molar-refractivity contribution in [1.82, 2.24) is 14.8 Å². The van der Waals surface area contributed by atoms with Crippen LogP contribution in [-0.4, -0.2) is 39.6 Å². The molecule has 0 amide bonds. The highest BCUT2D eigenvalue weighted by atomic mass is 32.2. The fraction of sp³-hybridized carbons (Fsp3) is 0.300. The van der Waals surface area contributed by atoms with E-state index in [4.69, 9.17) is 0 Å². The van der Waals surface area contributed by atoms with Gasteiger partial charge in [0.1, 0.15) is 0 Å². The van der Waals surface area contributed by atoms with E-state index in [1.807, 2.05) is 30.7 Å². The molecule has 0 radical (unpaired) electrons. The van der Waals surface area contributed by atoms with E-state index in [9.17, 15) is 18.5 Å². The normalized spacial score (nSPS) is 18.6. The van der Waals surface area contributed by atoms with E-state index in [0.717, 1.165) is 17.0 Å². The number of nitro groups is 1. The van der Waals surface area contributed by atoms with E-state index < -0.39 is 14.8 Å². The Balaban J connectivity index is 1.65. The monoisotopic (exact) mass is 412 g/mol. The summed E-state index contributed by atoms with van der Waals surface area (Å²) < 4.78 is 25.4. The molecule has 0 aliphatic carbocycles. The molecule has 3 heterocycles. The first-order chi connectivity index (χ1) is 13.7. The van der Waals surface area contributed by atoms with Gasteiger partial charge < -0.3 is 0 Å². The molecular formula is C20H20N4O4S. The molecule has 1 fully saturated rings. The number of fused-ring (bicyclic) bond motifs is 1. The van der Waals surface area contributed by atoms with Crippen LogP contribution in [0.15, 0.2) is 30.3 Å². The van der Waals surface area contributed by atoms with E-state index in [2.05, 4.69) is 10.1 Å². The first-order valence-corrected chi connectivity index (χ1v) is 11.1. The molecule has 9 heteroatoms. The Bertz CT molecular complexity index is 1260. The van der Waals surface area contributed by atoms with E-state index in [1.54, 1.807) is 24.3 Å². The number of nitro benzene ring substituents is 1. The summed E-state index contributed by atoms with van der Waals surface area (Å²) in [6, 6.07) is 8.14. The maximum Gasteiger partial charge on any atom is 0.278 e. The quantitative estimate of drug-likeness (QED) is 0.479. The summed E-state index contributed by atoms with van der Waals surface area (Å²) in [5.41, 5.74) is 3.92. The third-order valence-corrected chi connectivity index (χ3v) is 7.03. The Morgan fingerprint density at radius 2 is 2.00 bits per heavy atom. The highest BCUT2D eigenvalue weighted by Crippen LogP contribution is 2.28. The molecule has 2 aromatic heterocycles. The third-order valence-electron chi connectivity index (χ3n) is 5.28. The molecule has 0 N–H and O–H groups in total. The fourth-order valence-electron chi connectivity index (χ4n) is 3.82. The number of nitrogens with zero attached hydrogens (tertiary/aromatic N) is 4. The van der Waals surface area contributed by atoms with Crippen molar-refractivity contribution in [3.8, 4) is 0 Å². The molecule has 4 rings (SSSR count). The molecule has 1 atom stereocenters. The van der Waals surface area contributed by atoms with Gasteiger partial charge >= 0.3 is 0 Å². The molecule has 29 heavy (non-hydrogen) atoms. The summed E-state index contributed by atoms with van der Waals surface area (Å²) >= 11 is 0. The van der Waals surface area contributed by atoms with Gasteiger partial charge in [-0.1, -0.05) is 6.07 Å². The summed E-state index contributed by atoms with van der Waals surface area (Å²) in [7, 11) is -2.99. The van der Waals surface area contributed by atoms with Crippen LogP contribution in [0.3, 0.4) is 0 Å². The first kappa shape index (κ1) is 19.3. The van der Waals surface area contributed by atoms with Crippen molar-refractivity contribution in [2.75, 3.05) is 11.5 Å². The Kier molecular flexibility index (Phi) is 4.70. The lowest BCUT2D eigenvalue weighted by atomic mass is 10.1. The minimum Gasteiger partial charge on any atom is -0.265 e. The van der Waals surface area contributed by atoms with Crippen LogP contribution >= 0.6 is 0 Å². The highest BCUT2D eigenvalue weighted by Gasteiger charge is 2.31. The molecule has 1 aliphatic rings. The number of non-ortho nitro benzene ring substituents is 1. The van der Waals surface area contributed by atoms with Gasteiger partial charge in [0, 0.05) is 17.3 Å². The minimum atomic E-state index is -2.99. The molecule has 8 nitrogen and oxygen atoms in total. The zero-order valence-electron chi connectivity index (χ0n) is 16.1. The third kappa shape index (κ3) is 3.65. The summed E-state index contributed by atoms with van der Waals surface area (Å²) in [6.07, 6.45) is 4.33. The predicted molar refractivity (Wildman–Crippen MR) is 111 cm³/mol. The lowest BCUT2D eigenvalue weighted by Crippen LogP contribution is -2.13. The van der Waals surface area contributed by atoms with E-state index in [1.165, 1.54) is 6.07 Å². The largest absolute Gasteiger partial charge is 0.278 e. The molecule has 3 aromatic rings. The van der Waals surface area contributed by atoms with E-state index >= 15 is 0 Å². The Morgan fingerprint density at radius 3 is 2.69 bits per heavy atom. The second-order valence-corrected chi connectivity index (χ2v) is 9.49. The van der Waals surface area contributed by atoms with Crippen LogP contribution in [0.5, 0.6) is 0 Å². The van der Waals surface area contributed by atoms with Crippen LogP contribution in [0.4, 0.5) is 5.69 Å². The van der Waals surface area contributed by atoms with Crippen LogP contribution < -0.4 is 0 Å². The van der Waals surface area contributed by atoms with Crippen LogP contribution in [-0.2, 0) is 9.84 Å². The van der Waals surface area contributed by atoms with Gasteiger partial charge in [0.25, 0.3) is 5.69 Å². The summed E-state index contributed by atoms with van der Waals surface area (Å²) in [6.45, 7) is 3.82. The van der Waals surface area contributed by atoms with Gasteiger partial charge in [0.15, 0.2) is 9.84 Å². The standard InChI is InChI=1S/C20H20N4O4S/c1-13-17(14(2)23(22-13)16-10-11-29(27,28)12-16)8-6-15-7-9-18-19(21-15)4-3-5-20(18)24(25)26/h3-9,16H,10-12H2,1-2H3/b8-6+/t16-/m1/s1. The molecule has 1 saturated heterocycles. The number of sulfone groups is 1. The highest BCUT2D eigenvalue weighted by molar-refractivity contribution is 7.91. The van der Waals surface area contributed by atoms with Crippen LogP contribution in [0.25, 0.3) is 23.1 Å². The van der Waals surface area contributed by atoms with Crippen LogP contribution in [0.1, 0.15) is 35.1 Å². The van der Waals surface area contributed by atoms with Gasteiger partial charge in [-0.2, -0.15) is 5.10 Å². The van der Waals surface area contributed by atoms with Crippen LogP contribution in [0, 0.1) is 24.0 Å². The molecule has 1 aromatic carbocycles. The van der Waals surface area contributed by atoms with Gasteiger partial charge in [-0.05, 0) is 50.6 Å². The topological polar surface area (TPSA) is 108 Å². The molecular weight excluding hydrogens is 392 g/mol. The molecule has 0 bridgehead atoms. The number of rotatable bonds is 4. The van der Waals surface area contributed by atoms with Gasteiger partial charge in [-0.3, -0.25) is 14.8 Å². The first-order valence-electron chi connectivity index (χ1n) is 9.23. The van der Waals surface area contributed by atoms with Crippen molar-refractivity contribution in [3.63, 3.8) is 0 Å². The molecule has 1 aliphatic heterocycles. The van der Waals surface area contributed by atoms with Gasteiger partial charge in [-0.15, -0.1) is 0 Å². The lowest BCUT2D eigenvalue weighted by Gasteiger charge is -2.10. The SMILES string of the molecule is Cc1nn([C@@H]2CCS(=O)(=O)C2)c(C)c1/C=C/c1ccc2c([N+](=O)[O-])cccc2n1. The lowest BCUT2D eigenvalue weighted by molar-refractivity contribution is -0.383. The van der Waals surface area contributed by atoms with E-state index in [0.29, 0.717) is 23.0 Å². The molecule has 0 unspecified atom stereocenters. The minimum absolute atomic E-state index is 0.0324. The fourth-order valence-corrected chi connectivity index (χ4v) is 5.51. The number of hydrogen-bond acceptors (Lipinski definition) is 6. The molecule has 150 valence electrons. The Morgan fingerprint density at radius 1 is 1.21 bits per heavy atom. The van der Waals surface area contributed by atoms with E-state index in [-0.39, 0.29) is 23.2 Å². The molecule has 0 saturated carbocycles. The van der Waals surface area contributed by atoms with Gasteiger partial charge in [0.2, 0.25) is 0 Å². The number of aromatic nitrogens is 3. The van der Waals surface area contributed by atoms with Crippen molar-refractivity contribution < 1.29 is 13.3 Å². The maximum absolute atomic E-state index is 11.8. The van der Waals surface area contributed by atoms with Crippen molar-refractivity contribution in [1.29, 1.82) is 0 Å². The number of benzene rings is 1. The smallest absolute Gasteiger partial charge is 0.265 e. The Hall–Kier alpha value is -3.07. The number of aryl methyl sites for hydroxylation is 1. The van der Waals surface area contributed by atoms with Crippen LogP contribution in [0.2, 0.25) is 0 Å². The second kappa shape index (κ2) is 7.07. The second-order valence-electron chi connectivity index (χ2n) is 7.26. The number of hydrogen-bond donors (Lipinski definition) is 0. The molecule has 0 spiro atoms. The summed E-state index contributed by atoms with van der Waals surface area (Å²) in [5.74, 6) is 0.331. The van der Waals surface area contributed by atoms with Crippen molar-refractivity contribution in [2.45, 2.75) is 26.3 Å². The predicted octanol–water partition coefficient (Wildman–Crippen LogP) is 3.49. The summed E-state index contributed by atoms with van der Waals surface area (Å²) in [4.78, 5) is 15.2. The number of pyridine rings is 1. The van der Waals surface area contributed by atoms with Crippen molar-refractivity contribution in [3.05, 3.63) is 63.1 Å². The summed E-state index contributed by atoms with van der Waals surface area (Å²) in [5, 5.41) is 16.2. The van der Waals surface area contributed by atoms with Crippen molar-refractivity contribution in [2.24, 2.45) is 0 Å². The average Bonchev–Trinajstić information content (AvgIpc) is 3.17. The zero-order valence-corrected chi connectivity index (χ0v) is 16.9. The van der Waals surface area contributed by atoms with Crippen molar-refractivity contribution >= 4 is 38.6 Å². The maximum atomic E-state index is 11.8.